The summed E-state index contributed by atoms with van der Waals surface area (Å²) in [7, 11) is 1.61. The van der Waals surface area contributed by atoms with Gasteiger partial charge in [-0.05, 0) is 25.2 Å². The van der Waals surface area contributed by atoms with Crippen LogP contribution in [0.15, 0.2) is 12.1 Å². The lowest BCUT2D eigenvalue weighted by molar-refractivity contribution is -0.122. The summed E-state index contributed by atoms with van der Waals surface area (Å²) in [6, 6.07) is 1.86. The first-order valence-electron chi connectivity index (χ1n) is 11.4. The summed E-state index contributed by atoms with van der Waals surface area (Å²) in [5.41, 5.74) is 6.12. The molecule has 2 amide bonds. The predicted molar refractivity (Wildman–Crippen MR) is 121 cm³/mol. The molecule has 3 rings (SSSR count). The first kappa shape index (κ1) is 25.0. The number of nitrogens with one attached hydrogen (secondary N) is 1. The fourth-order valence-corrected chi connectivity index (χ4v) is 4.32. The summed E-state index contributed by atoms with van der Waals surface area (Å²) < 4.78 is 34.7. The number of ether oxygens (including phenoxy) is 1. The summed E-state index contributed by atoms with van der Waals surface area (Å²) in [5, 5.41) is 3.20. The zero-order valence-corrected chi connectivity index (χ0v) is 19.4. The number of amides is 2. The van der Waals surface area contributed by atoms with Gasteiger partial charge in [-0.3, -0.25) is 9.59 Å². The number of aryl methyl sites for hydroxylation is 1. The fraction of sp³-hybridized carbons (Fsp3) is 0.609. The van der Waals surface area contributed by atoms with E-state index in [-0.39, 0.29) is 35.1 Å². The second-order valence-corrected chi connectivity index (χ2v) is 9.04. The van der Waals surface area contributed by atoms with Crippen molar-refractivity contribution in [1.82, 2.24) is 19.8 Å². The van der Waals surface area contributed by atoms with Crippen LogP contribution in [0.4, 0.5) is 8.78 Å². The highest BCUT2D eigenvalue weighted by atomic mass is 19.2. The number of halogens is 2. The van der Waals surface area contributed by atoms with Crippen LogP contribution in [-0.2, 0) is 16.1 Å². The summed E-state index contributed by atoms with van der Waals surface area (Å²) in [4.78, 5) is 31.7. The Hall–Kier alpha value is -2.59. The SMILES string of the molecule is COCCCCn1c(C(=O)N(CC(C)C)C2CNC[C@H](C(N)=O)C2)nc2cc(F)c(F)cc21. The third-order valence-electron chi connectivity index (χ3n) is 5.95. The number of rotatable bonds is 10. The summed E-state index contributed by atoms with van der Waals surface area (Å²) in [6.07, 6.45) is 1.88. The Kier molecular flexibility index (Phi) is 8.36. The fourth-order valence-electron chi connectivity index (χ4n) is 4.32. The van der Waals surface area contributed by atoms with E-state index in [2.05, 4.69) is 10.3 Å². The normalized spacial score (nSPS) is 18.7. The van der Waals surface area contributed by atoms with Crippen molar-refractivity contribution in [3.63, 3.8) is 0 Å². The molecule has 182 valence electrons. The van der Waals surface area contributed by atoms with Gasteiger partial charge in [0.05, 0.1) is 17.0 Å². The number of aromatic nitrogens is 2. The first-order valence-corrected chi connectivity index (χ1v) is 11.4. The second kappa shape index (κ2) is 11.0. The highest BCUT2D eigenvalue weighted by Gasteiger charge is 2.34. The standard InChI is InChI=1S/C23H33F2N5O3/c1-14(2)13-30(16-8-15(21(26)31)11-27-12-16)23(32)22-28-19-9-17(24)18(25)10-20(19)29(22)6-4-5-7-33-3/h9-10,14-16,27H,4-8,11-13H2,1-3H3,(H2,26,31)/t15-,16?/m1/s1. The van der Waals surface area contributed by atoms with Gasteiger partial charge in [-0.2, -0.15) is 0 Å². The quantitative estimate of drug-likeness (QED) is 0.524. The van der Waals surface area contributed by atoms with Crippen molar-refractivity contribution in [1.29, 1.82) is 0 Å². The number of hydrogen-bond acceptors (Lipinski definition) is 5. The Bertz CT molecular complexity index is 994. The van der Waals surface area contributed by atoms with Gasteiger partial charge in [0.1, 0.15) is 0 Å². The maximum atomic E-state index is 14.0. The molecule has 8 nitrogen and oxygen atoms in total. The van der Waals surface area contributed by atoms with E-state index in [4.69, 9.17) is 10.5 Å². The van der Waals surface area contributed by atoms with Gasteiger partial charge in [0, 0.05) is 58.1 Å². The molecule has 2 atom stereocenters. The van der Waals surface area contributed by atoms with Gasteiger partial charge in [0.2, 0.25) is 5.91 Å². The van der Waals surface area contributed by atoms with Gasteiger partial charge in [-0.25, -0.2) is 13.8 Å². The number of fused-ring (bicyclic) bond motifs is 1. The largest absolute Gasteiger partial charge is 0.385 e. The molecule has 33 heavy (non-hydrogen) atoms. The average Bonchev–Trinajstić information content (AvgIpc) is 3.12. The molecular formula is C23H33F2N5O3. The van der Waals surface area contributed by atoms with Crippen LogP contribution in [-0.4, -0.2) is 65.7 Å². The molecule has 1 aromatic carbocycles. The van der Waals surface area contributed by atoms with Crippen LogP contribution in [0.2, 0.25) is 0 Å². The number of nitrogens with two attached hydrogens (primary N) is 1. The van der Waals surface area contributed by atoms with Crippen molar-refractivity contribution in [2.24, 2.45) is 17.6 Å². The lowest BCUT2D eigenvalue weighted by Gasteiger charge is -2.38. The number of benzene rings is 1. The number of nitrogens with zero attached hydrogens (tertiary/aromatic N) is 3. The van der Waals surface area contributed by atoms with E-state index < -0.39 is 17.5 Å². The summed E-state index contributed by atoms with van der Waals surface area (Å²) in [6.45, 7) is 6.42. The van der Waals surface area contributed by atoms with Crippen LogP contribution in [0.5, 0.6) is 0 Å². The van der Waals surface area contributed by atoms with Crippen LogP contribution < -0.4 is 11.1 Å². The van der Waals surface area contributed by atoms with Crippen LogP contribution >= 0.6 is 0 Å². The minimum Gasteiger partial charge on any atom is -0.385 e. The molecule has 1 aliphatic rings. The molecule has 2 heterocycles. The Morgan fingerprint density at radius 1 is 1.27 bits per heavy atom. The van der Waals surface area contributed by atoms with E-state index in [9.17, 15) is 18.4 Å². The highest BCUT2D eigenvalue weighted by molar-refractivity contribution is 5.95. The number of carbonyl (C=O) groups is 2. The van der Waals surface area contributed by atoms with Crippen LogP contribution in [0.25, 0.3) is 11.0 Å². The number of unbranched alkanes of at least 4 members (excludes halogenated alkanes) is 1. The molecule has 0 radical (unpaired) electrons. The first-order chi connectivity index (χ1) is 15.7. The minimum absolute atomic E-state index is 0.134. The zero-order valence-electron chi connectivity index (χ0n) is 19.4. The lowest BCUT2D eigenvalue weighted by Crippen LogP contribution is -2.54. The molecule has 0 saturated carbocycles. The third kappa shape index (κ3) is 5.86. The topological polar surface area (TPSA) is 102 Å². The molecule has 0 bridgehead atoms. The van der Waals surface area contributed by atoms with Gasteiger partial charge < -0.3 is 25.3 Å². The van der Waals surface area contributed by atoms with Crippen LogP contribution in [0, 0.1) is 23.5 Å². The van der Waals surface area contributed by atoms with Gasteiger partial charge in [-0.15, -0.1) is 0 Å². The smallest absolute Gasteiger partial charge is 0.290 e. The molecular weight excluding hydrogens is 432 g/mol. The van der Waals surface area contributed by atoms with Crippen molar-refractivity contribution in [3.8, 4) is 0 Å². The van der Waals surface area contributed by atoms with E-state index in [1.165, 1.54) is 0 Å². The molecule has 3 N–H and O–H groups in total. The van der Waals surface area contributed by atoms with Gasteiger partial charge >= 0.3 is 0 Å². The molecule has 1 saturated heterocycles. The van der Waals surface area contributed by atoms with Crippen LogP contribution in [0.1, 0.15) is 43.7 Å². The lowest BCUT2D eigenvalue weighted by atomic mass is 9.93. The molecule has 0 spiro atoms. The van der Waals surface area contributed by atoms with E-state index in [0.29, 0.717) is 51.1 Å². The molecule has 1 fully saturated rings. The number of imidazole rings is 1. The van der Waals surface area contributed by atoms with E-state index in [0.717, 1.165) is 18.6 Å². The second-order valence-electron chi connectivity index (χ2n) is 9.04. The van der Waals surface area contributed by atoms with Crippen molar-refractivity contribution in [2.45, 2.75) is 45.7 Å². The third-order valence-corrected chi connectivity index (χ3v) is 5.95. The van der Waals surface area contributed by atoms with E-state index in [1.54, 1.807) is 16.6 Å². The summed E-state index contributed by atoms with van der Waals surface area (Å²) in [5.74, 6) is -2.80. The predicted octanol–water partition coefficient (Wildman–Crippen LogP) is 2.30. The molecule has 2 aromatic rings. The molecule has 1 aromatic heterocycles. The average molecular weight is 466 g/mol. The highest BCUT2D eigenvalue weighted by Crippen LogP contribution is 2.24. The van der Waals surface area contributed by atoms with E-state index >= 15 is 0 Å². The Morgan fingerprint density at radius 2 is 2.00 bits per heavy atom. The van der Waals surface area contributed by atoms with Gasteiger partial charge in [0.15, 0.2) is 17.5 Å². The van der Waals surface area contributed by atoms with Crippen molar-refractivity contribution in [3.05, 3.63) is 29.6 Å². The van der Waals surface area contributed by atoms with Gasteiger partial charge in [0.25, 0.3) is 5.91 Å². The maximum absolute atomic E-state index is 14.0. The number of hydrogen-bond donors (Lipinski definition) is 2. The maximum Gasteiger partial charge on any atom is 0.290 e. The van der Waals surface area contributed by atoms with Crippen molar-refractivity contribution >= 4 is 22.8 Å². The van der Waals surface area contributed by atoms with Crippen LogP contribution in [0.3, 0.4) is 0 Å². The van der Waals surface area contributed by atoms with Crippen molar-refractivity contribution in [2.75, 3.05) is 33.4 Å². The zero-order chi connectivity index (χ0) is 24.1. The number of primary amides is 1. The Labute approximate surface area is 192 Å². The number of carbonyl (C=O) groups excluding carboxylic acids is 2. The van der Waals surface area contributed by atoms with E-state index in [1.807, 2.05) is 13.8 Å². The van der Waals surface area contributed by atoms with Gasteiger partial charge in [-0.1, -0.05) is 13.8 Å². The Balaban J connectivity index is 1.99. The monoisotopic (exact) mass is 465 g/mol. The molecule has 1 aliphatic heterocycles. The number of methoxy groups -OCH3 is 1. The number of piperidine rings is 1. The molecule has 1 unspecified atom stereocenters. The molecule has 10 heteroatoms. The minimum atomic E-state index is -1.01. The Morgan fingerprint density at radius 3 is 2.67 bits per heavy atom. The summed E-state index contributed by atoms with van der Waals surface area (Å²) >= 11 is 0. The molecule has 0 aliphatic carbocycles. The van der Waals surface area contributed by atoms with Crippen molar-refractivity contribution < 1.29 is 23.1 Å².